The smallest absolute Gasteiger partial charge is 0.231 e. The average molecular weight is 226 g/mol. The first-order valence-electron chi connectivity index (χ1n) is 4.77. The first-order valence-corrected chi connectivity index (χ1v) is 5.15. The van der Waals surface area contributed by atoms with E-state index in [2.05, 4.69) is 0 Å². The highest BCUT2D eigenvalue weighted by molar-refractivity contribution is 6.32. The van der Waals surface area contributed by atoms with E-state index in [-0.39, 0.29) is 6.79 Å². The summed E-state index contributed by atoms with van der Waals surface area (Å²) in [4.78, 5) is 0. The van der Waals surface area contributed by atoms with Crippen LogP contribution < -0.4 is 15.2 Å². The number of hydrogen-bond donors (Lipinski definition) is 1. The number of rotatable bonds is 3. The van der Waals surface area contributed by atoms with Gasteiger partial charge in [0, 0.05) is 6.07 Å². The summed E-state index contributed by atoms with van der Waals surface area (Å²) in [5.74, 6) is 1.45. The molecule has 1 aromatic carbocycles. The van der Waals surface area contributed by atoms with Crippen molar-refractivity contribution in [2.24, 2.45) is 5.73 Å². The predicted octanol–water partition coefficient (Wildman–Crippen LogP) is 2.43. The summed E-state index contributed by atoms with van der Waals surface area (Å²) in [6, 6.07) is 3.64. The second kappa shape index (κ2) is 4.55. The Labute approximate surface area is 93.4 Å². The number of ether oxygens (including phenoxy) is 2. The van der Waals surface area contributed by atoms with E-state index in [0.717, 1.165) is 17.7 Å². The molecule has 2 N–H and O–H groups in total. The summed E-state index contributed by atoms with van der Waals surface area (Å²) in [5.41, 5.74) is 6.32. The molecule has 0 aliphatic carbocycles. The second-order valence-corrected chi connectivity index (χ2v) is 3.61. The van der Waals surface area contributed by atoms with Crippen LogP contribution in [0.25, 0.3) is 6.08 Å². The summed E-state index contributed by atoms with van der Waals surface area (Å²) < 4.78 is 10.5. The van der Waals surface area contributed by atoms with Gasteiger partial charge in [0.1, 0.15) is 0 Å². The van der Waals surface area contributed by atoms with E-state index in [1.807, 2.05) is 18.2 Å². The highest BCUT2D eigenvalue weighted by Gasteiger charge is 2.15. The van der Waals surface area contributed by atoms with Gasteiger partial charge in [0.15, 0.2) is 11.5 Å². The van der Waals surface area contributed by atoms with Crippen LogP contribution in [0.5, 0.6) is 11.5 Å². The van der Waals surface area contributed by atoms with Crippen molar-refractivity contribution in [1.29, 1.82) is 0 Å². The molecule has 0 atom stereocenters. The van der Waals surface area contributed by atoms with E-state index in [9.17, 15) is 0 Å². The molecule has 0 amide bonds. The fourth-order valence-corrected chi connectivity index (χ4v) is 1.58. The van der Waals surface area contributed by atoms with Gasteiger partial charge in [-0.2, -0.15) is 0 Å². The van der Waals surface area contributed by atoms with Crippen LogP contribution in [0.3, 0.4) is 0 Å². The fraction of sp³-hybridized carbons (Fsp3) is 0.273. The van der Waals surface area contributed by atoms with Crippen LogP contribution in [0.2, 0.25) is 5.02 Å². The van der Waals surface area contributed by atoms with Gasteiger partial charge in [0.25, 0.3) is 0 Å². The maximum Gasteiger partial charge on any atom is 0.231 e. The maximum atomic E-state index is 6.07. The van der Waals surface area contributed by atoms with Gasteiger partial charge in [0.05, 0.1) is 5.02 Å². The molecule has 0 saturated carbocycles. The SMILES string of the molecule is NCCC=Cc1cc2c(cc1Cl)OCO2. The molecule has 0 spiro atoms. The van der Waals surface area contributed by atoms with E-state index in [1.54, 1.807) is 6.07 Å². The Morgan fingerprint density at radius 2 is 2.07 bits per heavy atom. The van der Waals surface area contributed by atoms with E-state index in [1.165, 1.54) is 0 Å². The van der Waals surface area contributed by atoms with Gasteiger partial charge in [-0.3, -0.25) is 0 Å². The zero-order valence-corrected chi connectivity index (χ0v) is 8.96. The van der Waals surface area contributed by atoms with E-state index < -0.39 is 0 Å². The van der Waals surface area contributed by atoms with Gasteiger partial charge in [-0.1, -0.05) is 23.8 Å². The lowest BCUT2D eigenvalue weighted by Crippen LogP contribution is -1.95. The zero-order valence-electron chi connectivity index (χ0n) is 8.20. The molecule has 0 radical (unpaired) electrons. The van der Waals surface area contributed by atoms with Gasteiger partial charge in [0.2, 0.25) is 6.79 Å². The molecule has 1 aliphatic heterocycles. The predicted molar refractivity (Wildman–Crippen MR) is 60.3 cm³/mol. The third kappa shape index (κ3) is 2.25. The van der Waals surface area contributed by atoms with Crippen molar-refractivity contribution in [1.82, 2.24) is 0 Å². The zero-order chi connectivity index (χ0) is 10.7. The normalized spacial score (nSPS) is 13.7. The quantitative estimate of drug-likeness (QED) is 0.859. The first kappa shape index (κ1) is 10.3. The van der Waals surface area contributed by atoms with Crippen LogP contribution in [-0.2, 0) is 0 Å². The van der Waals surface area contributed by atoms with Crippen molar-refractivity contribution in [3.8, 4) is 11.5 Å². The van der Waals surface area contributed by atoms with Crippen LogP contribution in [-0.4, -0.2) is 13.3 Å². The van der Waals surface area contributed by atoms with Gasteiger partial charge in [-0.15, -0.1) is 0 Å². The molecular weight excluding hydrogens is 214 g/mol. The minimum atomic E-state index is 0.266. The Morgan fingerprint density at radius 3 is 2.80 bits per heavy atom. The van der Waals surface area contributed by atoms with E-state index >= 15 is 0 Å². The molecule has 4 heteroatoms. The molecule has 0 aromatic heterocycles. The minimum absolute atomic E-state index is 0.266. The Morgan fingerprint density at radius 1 is 1.33 bits per heavy atom. The van der Waals surface area contributed by atoms with Gasteiger partial charge in [-0.05, 0) is 24.6 Å². The van der Waals surface area contributed by atoms with Crippen LogP contribution in [0, 0.1) is 0 Å². The molecule has 2 rings (SSSR count). The first-order chi connectivity index (χ1) is 7.31. The summed E-state index contributed by atoms with van der Waals surface area (Å²) >= 11 is 6.07. The Kier molecular flexibility index (Phi) is 3.14. The van der Waals surface area contributed by atoms with Crippen LogP contribution >= 0.6 is 11.6 Å². The number of fused-ring (bicyclic) bond motifs is 1. The van der Waals surface area contributed by atoms with Gasteiger partial charge >= 0.3 is 0 Å². The minimum Gasteiger partial charge on any atom is -0.454 e. The summed E-state index contributed by atoms with van der Waals surface area (Å²) in [5, 5.41) is 0.660. The van der Waals surface area contributed by atoms with E-state index in [0.29, 0.717) is 17.3 Å². The van der Waals surface area contributed by atoms with Crippen molar-refractivity contribution in [2.45, 2.75) is 6.42 Å². The molecular formula is C11H12ClNO2. The lowest BCUT2D eigenvalue weighted by atomic mass is 10.1. The van der Waals surface area contributed by atoms with Crippen molar-refractivity contribution in [3.05, 3.63) is 28.8 Å². The fourth-order valence-electron chi connectivity index (χ4n) is 1.37. The summed E-state index contributed by atoms with van der Waals surface area (Å²) in [6.07, 6.45) is 4.77. The molecule has 0 bridgehead atoms. The van der Waals surface area contributed by atoms with Crippen molar-refractivity contribution < 1.29 is 9.47 Å². The molecule has 0 saturated heterocycles. The van der Waals surface area contributed by atoms with Crippen molar-refractivity contribution in [2.75, 3.05) is 13.3 Å². The number of hydrogen-bond acceptors (Lipinski definition) is 3. The molecule has 80 valence electrons. The molecule has 0 unspecified atom stereocenters. The number of nitrogens with two attached hydrogens (primary N) is 1. The monoisotopic (exact) mass is 225 g/mol. The lowest BCUT2D eigenvalue weighted by molar-refractivity contribution is 0.174. The van der Waals surface area contributed by atoms with Crippen LogP contribution in [0.4, 0.5) is 0 Å². The second-order valence-electron chi connectivity index (χ2n) is 3.21. The molecule has 1 aromatic rings. The topological polar surface area (TPSA) is 44.5 Å². The summed E-state index contributed by atoms with van der Waals surface area (Å²) in [6.45, 7) is 0.903. The Balaban J connectivity index is 2.24. The molecule has 15 heavy (non-hydrogen) atoms. The van der Waals surface area contributed by atoms with E-state index in [4.69, 9.17) is 26.8 Å². The average Bonchev–Trinajstić information content (AvgIpc) is 2.65. The molecule has 0 fully saturated rings. The largest absolute Gasteiger partial charge is 0.454 e. The third-order valence-electron chi connectivity index (χ3n) is 2.12. The van der Waals surface area contributed by atoms with Crippen molar-refractivity contribution in [3.63, 3.8) is 0 Å². The molecule has 1 aliphatic rings. The Bertz CT molecular complexity index is 390. The number of benzene rings is 1. The maximum absolute atomic E-state index is 6.07. The summed E-state index contributed by atoms with van der Waals surface area (Å²) in [7, 11) is 0. The molecule has 1 heterocycles. The van der Waals surface area contributed by atoms with Gasteiger partial charge < -0.3 is 15.2 Å². The highest BCUT2D eigenvalue weighted by atomic mass is 35.5. The standard InChI is InChI=1S/C11H12ClNO2/c12-9-6-11-10(14-7-15-11)5-8(9)3-1-2-4-13/h1,3,5-6H,2,4,7,13H2. The highest BCUT2D eigenvalue weighted by Crippen LogP contribution is 2.37. The van der Waals surface area contributed by atoms with Gasteiger partial charge in [-0.25, -0.2) is 0 Å². The van der Waals surface area contributed by atoms with Crippen LogP contribution in [0.15, 0.2) is 18.2 Å². The molecule has 3 nitrogen and oxygen atoms in total. The van der Waals surface area contributed by atoms with Crippen LogP contribution in [0.1, 0.15) is 12.0 Å². The Hall–Kier alpha value is -1.19. The number of halogens is 1. The van der Waals surface area contributed by atoms with Crippen molar-refractivity contribution >= 4 is 17.7 Å². The lowest BCUT2D eigenvalue weighted by Gasteiger charge is -2.01. The third-order valence-corrected chi connectivity index (χ3v) is 2.45.